The molecule has 0 aliphatic heterocycles. The first-order valence-corrected chi connectivity index (χ1v) is 11.8. The van der Waals surface area contributed by atoms with E-state index in [0.29, 0.717) is 21.4 Å². The van der Waals surface area contributed by atoms with E-state index >= 15 is 0 Å². The predicted molar refractivity (Wildman–Crippen MR) is 124 cm³/mol. The molecule has 0 aliphatic rings. The summed E-state index contributed by atoms with van der Waals surface area (Å²) in [6, 6.07) is 11.3. The van der Waals surface area contributed by atoms with Gasteiger partial charge in [0.25, 0.3) is 0 Å². The van der Waals surface area contributed by atoms with E-state index in [-0.39, 0.29) is 18.4 Å². The number of ether oxygens (including phenoxy) is 1. The number of carbonyl (C=O) groups is 2. The van der Waals surface area contributed by atoms with Gasteiger partial charge in [-0.3, -0.25) is 4.79 Å². The Morgan fingerprint density at radius 2 is 1.83 bits per heavy atom. The molecule has 30 heavy (non-hydrogen) atoms. The summed E-state index contributed by atoms with van der Waals surface area (Å²) in [4.78, 5) is 27.2. The molecule has 0 fully saturated rings. The molecular formula is C24H23NO3S2. The second-order valence-electron chi connectivity index (χ2n) is 7.08. The molecule has 6 heteroatoms. The van der Waals surface area contributed by atoms with Gasteiger partial charge in [0.05, 0.1) is 32.3 Å². The van der Waals surface area contributed by atoms with Crippen LogP contribution in [0.15, 0.2) is 46.8 Å². The van der Waals surface area contributed by atoms with Gasteiger partial charge < -0.3 is 9.14 Å². The van der Waals surface area contributed by atoms with E-state index in [4.69, 9.17) is 4.74 Å². The zero-order chi connectivity index (χ0) is 21.4. The van der Waals surface area contributed by atoms with E-state index in [1.807, 2.05) is 50.4 Å². The number of carbonyl (C=O) groups excluding carboxylic acids is 2. The molecule has 0 atom stereocenters. The van der Waals surface area contributed by atoms with Gasteiger partial charge in [0, 0.05) is 17.1 Å². The van der Waals surface area contributed by atoms with Crippen LogP contribution in [0.5, 0.6) is 0 Å². The molecule has 0 bridgehead atoms. The lowest BCUT2D eigenvalue weighted by atomic mass is 10.0. The van der Waals surface area contributed by atoms with Crippen molar-refractivity contribution in [2.45, 2.75) is 31.9 Å². The maximum absolute atomic E-state index is 13.5. The lowest BCUT2D eigenvalue weighted by molar-refractivity contribution is 0.0531. The van der Waals surface area contributed by atoms with Gasteiger partial charge >= 0.3 is 5.97 Å². The second kappa shape index (κ2) is 8.28. The van der Waals surface area contributed by atoms with Gasteiger partial charge in [-0.15, -0.1) is 23.1 Å². The molecule has 4 aromatic rings. The molecule has 0 aliphatic carbocycles. The minimum atomic E-state index is -0.384. The van der Waals surface area contributed by atoms with Crippen molar-refractivity contribution in [3.63, 3.8) is 0 Å². The first kappa shape index (κ1) is 20.7. The summed E-state index contributed by atoms with van der Waals surface area (Å²) in [5.41, 5.74) is 4.94. The van der Waals surface area contributed by atoms with E-state index in [2.05, 4.69) is 17.4 Å². The molecule has 0 N–H and O–H groups in total. The number of hydrogen-bond acceptors (Lipinski definition) is 5. The summed E-state index contributed by atoms with van der Waals surface area (Å²) < 4.78 is 8.55. The number of thiophene rings is 1. The van der Waals surface area contributed by atoms with Gasteiger partial charge in [0.1, 0.15) is 0 Å². The number of nitrogens with zero attached hydrogens (tertiary/aromatic N) is 1. The van der Waals surface area contributed by atoms with Crippen LogP contribution in [0, 0.1) is 13.8 Å². The number of aromatic nitrogens is 1. The van der Waals surface area contributed by atoms with Crippen LogP contribution in [0.3, 0.4) is 0 Å². The van der Waals surface area contributed by atoms with E-state index in [0.717, 1.165) is 32.1 Å². The van der Waals surface area contributed by atoms with E-state index in [9.17, 15) is 9.59 Å². The fourth-order valence-electron chi connectivity index (χ4n) is 3.88. The van der Waals surface area contributed by atoms with Crippen LogP contribution >= 0.6 is 23.1 Å². The zero-order valence-corrected chi connectivity index (χ0v) is 19.1. The Labute approximate surface area is 183 Å². The summed E-state index contributed by atoms with van der Waals surface area (Å²) in [6.45, 7) is 8.21. The molecule has 0 unspecified atom stereocenters. The summed E-state index contributed by atoms with van der Waals surface area (Å²) in [5, 5.41) is 0.706. The average Bonchev–Trinajstić information content (AvgIpc) is 3.25. The van der Waals surface area contributed by atoms with E-state index in [1.54, 1.807) is 18.7 Å². The van der Waals surface area contributed by atoms with Crippen LogP contribution < -0.4 is 0 Å². The molecule has 3 heterocycles. The molecule has 0 radical (unpaired) electrons. The fourth-order valence-corrected chi connectivity index (χ4v) is 6.31. The lowest BCUT2D eigenvalue weighted by Gasteiger charge is -2.07. The third-order valence-electron chi connectivity index (χ3n) is 4.97. The third kappa shape index (κ3) is 3.34. The minimum absolute atomic E-state index is 0.0654. The number of aryl methyl sites for hydroxylation is 2. The Kier molecular flexibility index (Phi) is 5.71. The number of benzene rings is 1. The largest absolute Gasteiger partial charge is 0.462 e. The van der Waals surface area contributed by atoms with Crippen molar-refractivity contribution in [1.29, 1.82) is 0 Å². The third-order valence-corrected chi connectivity index (χ3v) is 7.29. The number of fused-ring (bicyclic) bond motifs is 3. The molecule has 0 amide bonds. The number of thioether (sulfide) groups is 1. The Bertz CT molecular complexity index is 1270. The van der Waals surface area contributed by atoms with E-state index < -0.39 is 0 Å². The van der Waals surface area contributed by atoms with E-state index in [1.165, 1.54) is 11.3 Å². The number of ketones is 1. The van der Waals surface area contributed by atoms with Crippen LogP contribution in [-0.4, -0.2) is 28.5 Å². The molecular weight excluding hydrogens is 414 g/mol. The fraction of sp³-hybridized carbons (Fsp3) is 0.250. The van der Waals surface area contributed by atoms with Crippen molar-refractivity contribution in [2.24, 2.45) is 0 Å². The van der Waals surface area contributed by atoms with Gasteiger partial charge in [0.15, 0.2) is 0 Å². The van der Waals surface area contributed by atoms with Crippen LogP contribution in [0.1, 0.15) is 50.6 Å². The smallest absolute Gasteiger partial charge is 0.341 e. The molecule has 0 spiro atoms. The Morgan fingerprint density at radius 1 is 1.10 bits per heavy atom. The standard InChI is InChI=1S/C24H23NO3S2/c1-5-28-23(27)18-17-20(25-13-14(3)12-15(4)19(18)25)24(29-6-2)30-22(17)21(26)16-10-8-7-9-11-16/h7-13H,5-6H2,1-4H3. The predicted octanol–water partition coefficient (Wildman–Crippen LogP) is 6.29. The molecule has 154 valence electrons. The molecule has 3 aromatic heterocycles. The quantitative estimate of drug-likeness (QED) is 0.202. The highest BCUT2D eigenvalue weighted by molar-refractivity contribution is 8.01. The topological polar surface area (TPSA) is 47.8 Å². The van der Waals surface area contributed by atoms with Crippen molar-refractivity contribution in [3.8, 4) is 0 Å². The summed E-state index contributed by atoms with van der Waals surface area (Å²) in [7, 11) is 0. The maximum Gasteiger partial charge on any atom is 0.341 e. The first-order valence-electron chi connectivity index (χ1n) is 9.95. The van der Waals surface area contributed by atoms with Crippen LogP contribution in [-0.2, 0) is 4.74 Å². The average molecular weight is 438 g/mol. The first-order chi connectivity index (χ1) is 14.5. The second-order valence-corrected chi connectivity index (χ2v) is 9.64. The minimum Gasteiger partial charge on any atom is -0.462 e. The number of rotatable bonds is 6. The molecule has 0 saturated heterocycles. The summed E-state index contributed by atoms with van der Waals surface area (Å²) >= 11 is 3.16. The van der Waals surface area contributed by atoms with Crippen molar-refractivity contribution in [3.05, 3.63) is 69.7 Å². The number of hydrogen-bond donors (Lipinski definition) is 0. The Hall–Kier alpha value is -2.57. The SMILES string of the molecule is CCOC(=O)c1c2c(C(=O)c3ccccc3)sc(SCC)c2n2cc(C)cc(C)c12. The monoisotopic (exact) mass is 437 g/mol. The normalized spacial score (nSPS) is 11.3. The highest BCUT2D eigenvalue weighted by Gasteiger charge is 2.30. The highest BCUT2D eigenvalue weighted by atomic mass is 32.2. The molecule has 1 aromatic carbocycles. The molecule has 0 saturated carbocycles. The van der Waals surface area contributed by atoms with Crippen LogP contribution in [0.4, 0.5) is 0 Å². The zero-order valence-electron chi connectivity index (χ0n) is 17.4. The van der Waals surface area contributed by atoms with Gasteiger partial charge in [0.2, 0.25) is 5.78 Å². The van der Waals surface area contributed by atoms with Gasteiger partial charge in [-0.25, -0.2) is 4.79 Å². The van der Waals surface area contributed by atoms with Gasteiger partial charge in [-0.05, 0) is 37.7 Å². The van der Waals surface area contributed by atoms with Crippen molar-refractivity contribution in [2.75, 3.05) is 12.4 Å². The maximum atomic E-state index is 13.5. The Balaban J connectivity index is 2.14. The van der Waals surface area contributed by atoms with Crippen molar-refractivity contribution < 1.29 is 14.3 Å². The van der Waals surface area contributed by atoms with Crippen LogP contribution in [0.25, 0.3) is 16.4 Å². The van der Waals surface area contributed by atoms with Crippen molar-refractivity contribution >= 4 is 51.3 Å². The van der Waals surface area contributed by atoms with Gasteiger partial charge in [-0.2, -0.15) is 0 Å². The van der Waals surface area contributed by atoms with Gasteiger partial charge in [-0.1, -0.05) is 43.3 Å². The molecule has 4 rings (SSSR count). The highest BCUT2D eigenvalue weighted by Crippen LogP contribution is 2.44. The number of pyridine rings is 1. The molecule has 4 nitrogen and oxygen atoms in total. The Morgan fingerprint density at radius 3 is 2.50 bits per heavy atom. The lowest BCUT2D eigenvalue weighted by Crippen LogP contribution is -2.07. The summed E-state index contributed by atoms with van der Waals surface area (Å²) in [5.74, 6) is 0.427. The van der Waals surface area contributed by atoms with Crippen molar-refractivity contribution in [1.82, 2.24) is 4.40 Å². The number of esters is 1. The summed E-state index contributed by atoms with van der Waals surface area (Å²) in [6.07, 6.45) is 2.04. The van der Waals surface area contributed by atoms with Crippen LogP contribution in [0.2, 0.25) is 0 Å².